The summed E-state index contributed by atoms with van der Waals surface area (Å²) in [5.74, 6) is 0. The maximum Gasteiger partial charge on any atom is 0.412 e. The van der Waals surface area contributed by atoms with Crippen LogP contribution in [0.15, 0.2) is 18.2 Å². The summed E-state index contributed by atoms with van der Waals surface area (Å²) in [6.45, 7) is 5.53. The van der Waals surface area contributed by atoms with Crippen LogP contribution in [-0.2, 0) is 16.0 Å². The van der Waals surface area contributed by atoms with Crippen molar-refractivity contribution < 1.29 is 14.4 Å². The molecule has 1 aromatic carbocycles. The number of hydrogen-bond donors (Lipinski definition) is 2. The molecule has 20 heavy (non-hydrogen) atoms. The first-order chi connectivity index (χ1) is 9.39. The van der Waals surface area contributed by atoms with Gasteiger partial charge in [-0.15, -0.1) is 0 Å². The number of carbonyl (C=O) groups excluding carboxylic acids is 1. The number of anilines is 1. The fraction of sp³-hybridized carbons (Fsp3) is 0.533. The summed E-state index contributed by atoms with van der Waals surface area (Å²) in [4.78, 5) is 16.7. The molecular formula is C15H22N2O3. The Kier molecular flexibility index (Phi) is 4.30. The predicted octanol–water partition coefficient (Wildman–Crippen LogP) is 3.17. The molecule has 1 atom stereocenters. The van der Waals surface area contributed by atoms with E-state index in [1.807, 2.05) is 39.0 Å². The van der Waals surface area contributed by atoms with Crippen LogP contribution in [0.25, 0.3) is 0 Å². The summed E-state index contributed by atoms with van der Waals surface area (Å²) in [5.41, 5.74) is 5.70. The molecule has 110 valence electrons. The van der Waals surface area contributed by atoms with Gasteiger partial charge < -0.3 is 9.57 Å². The summed E-state index contributed by atoms with van der Waals surface area (Å²) in [5, 5.41) is 2.76. The van der Waals surface area contributed by atoms with Crippen LogP contribution in [0.3, 0.4) is 0 Å². The van der Waals surface area contributed by atoms with Gasteiger partial charge in [0.25, 0.3) is 0 Å². The van der Waals surface area contributed by atoms with Crippen LogP contribution in [0.4, 0.5) is 10.5 Å². The molecule has 0 bridgehead atoms. The first kappa shape index (κ1) is 14.8. The molecule has 5 heteroatoms. The average molecular weight is 278 g/mol. The minimum absolute atomic E-state index is 0.227. The van der Waals surface area contributed by atoms with Crippen molar-refractivity contribution in [3.8, 4) is 0 Å². The maximum atomic E-state index is 11.7. The summed E-state index contributed by atoms with van der Waals surface area (Å²) in [6, 6.07) is 6.13. The highest BCUT2D eigenvalue weighted by molar-refractivity contribution is 5.85. The number of nitrogens with one attached hydrogen (secondary N) is 2. The van der Waals surface area contributed by atoms with E-state index in [1.165, 1.54) is 11.1 Å². The van der Waals surface area contributed by atoms with Crippen LogP contribution in [-0.4, -0.2) is 18.8 Å². The number of aryl methyl sites for hydroxylation is 1. The maximum absolute atomic E-state index is 11.7. The molecule has 1 aromatic rings. The number of fused-ring (bicyclic) bond motifs is 1. The van der Waals surface area contributed by atoms with E-state index in [1.54, 1.807) is 7.11 Å². The van der Waals surface area contributed by atoms with Gasteiger partial charge in [0.05, 0.1) is 13.2 Å². The van der Waals surface area contributed by atoms with E-state index in [0.29, 0.717) is 0 Å². The van der Waals surface area contributed by atoms with Gasteiger partial charge >= 0.3 is 6.09 Å². The van der Waals surface area contributed by atoms with E-state index in [0.717, 1.165) is 18.5 Å². The fourth-order valence-electron chi connectivity index (χ4n) is 2.38. The van der Waals surface area contributed by atoms with E-state index in [-0.39, 0.29) is 6.04 Å². The molecule has 0 radical (unpaired) electrons. The van der Waals surface area contributed by atoms with Crippen LogP contribution >= 0.6 is 0 Å². The zero-order chi connectivity index (χ0) is 14.8. The van der Waals surface area contributed by atoms with Gasteiger partial charge in [-0.3, -0.25) is 5.32 Å². The van der Waals surface area contributed by atoms with E-state index < -0.39 is 11.7 Å². The van der Waals surface area contributed by atoms with E-state index in [4.69, 9.17) is 9.57 Å². The third-order valence-corrected chi connectivity index (χ3v) is 3.13. The Balaban J connectivity index is 2.04. The first-order valence-electron chi connectivity index (χ1n) is 6.80. The number of carbonyl (C=O) groups is 1. The zero-order valence-electron chi connectivity index (χ0n) is 12.4. The molecule has 1 unspecified atom stereocenters. The second-order valence-corrected chi connectivity index (χ2v) is 5.95. The van der Waals surface area contributed by atoms with Gasteiger partial charge in [0, 0.05) is 5.69 Å². The lowest BCUT2D eigenvalue weighted by molar-refractivity contribution is 0.0610. The van der Waals surface area contributed by atoms with Crippen molar-refractivity contribution in [2.45, 2.75) is 45.3 Å². The molecule has 0 heterocycles. The quantitative estimate of drug-likeness (QED) is 0.834. The van der Waals surface area contributed by atoms with Crippen molar-refractivity contribution in [1.82, 2.24) is 5.48 Å². The van der Waals surface area contributed by atoms with Crippen LogP contribution in [0.2, 0.25) is 0 Å². The fourth-order valence-corrected chi connectivity index (χ4v) is 2.38. The predicted molar refractivity (Wildman–Crippen MR) is 77.5 cm³/mol. The summed E-state index contributed by atoms with van der Waals surface area (Å²) < 4.78 is 5.24. The monoisotopic (exact) mass is 278 g/mol. The van der Waals surface area contributed by atoms with Crippen molar-refractivity contribution in [3.05, 3.63) is 29.3 Å². The third-order valence-electron chi connectivity index (χ3n) is 3.13. The summed E-state index contributed by atoms with van der Waals surface area (Å²) in [7, 11) is 1.62. The van der Waals surface area contributed by atoms with E-state index >= 15 is 0 Å². The Morgan fingerprint density at radius 3 is 2.75 bits per heavy atom. The van der Waals surface area contributed by atoms with E-state index in [9.17, 15) is 4.79 Å². The lowest BCUT2D eigenvalue weighted by atomic mass is 10.1. The molecule has 5 nitrogen and oxygen atoms in total. The van der Waals surface area contributed by atoms with Crippen molar-refractivity contribution in [3.63, 3.8) is 0 Å². The highest BCUT2D eigenvalue weighted by Crippen LogP contribution is 2.32. The normalized spacial score (nSPS) is 17.7. The standard InChI is InChI=1S/C15H22N2O3/c1-15(2,3)20-14(18)16-11-6-7-12-10(9-11)5-8-13(12)17-19-4/h6-7,9,13,17H,5,8H2,1-4H3,(H,16,18). The van der Waals surface area contributed by atoms with Gasteiger partial charge in [0.15, 0.2) is 0 Å². The molecule has 0 aliphatic heterocycles. The summed E-state index contributed by atoms with van der Waals surface area (Å²) in [6.07, 6.45) is 1.54. The molecule has 0 spiro atoms. The molecule has 1 aliphatic carbocycles. The zero-order valence-corrected chi connectivity index (χ0v) is 12.4. The Labute approximate surface area is 119 Å². The lowest BCUT2D eigenvalue weighted by Crippen LogP contribution is -2.27. The van der Waals surface area contributed by atoms with Gasteiger partial charge in [-0.25, -0.2) is 4.79 Å². The molecule has 0 aromatic heterocycles. The van der Waals surface area contributed by atoms with Crippen molar-refractivity contribution in [1.29, 1.82) is 0 Å². The molecule has 1 aliphatic rings. The molecule has 0 saturated heterocycles. The van der Waals surface area contributed by atoms with Crippen molar-refractivity contribution in [2.75, 3.05) is 12.4 Å². The second kappa shape index (κ2) is 5.81. The van der Waals surface area contributed by atoms with Crippen LogP contribution < -0.4 is 10.8 Å². The molecular weight excluding hydrogens is 256 g/mol. The molecule has 1 amide bonds. The summed E-state index contributed by atoms with van der Waals surface area (Å²) >= 11 is 0. The number of hydrogen-bond acceptors (Lipinski definition) is 4. The van der Waals surface area contributed by atoms with Crippen LogP contribution in [0.5, 0.6) is 0 Å². The number of amides is 1. The highest BCUT2D eigenvalue weighted by atomic mass is 16.6. The Morgan fingerprint density at radius 1 is 1.35 bits per heavy atom. The lowest BCUT2D eigenvalue weighted by Gasteiger charge is -2.20. The molecule has 0 saturated carbocycles. The number of benzene rings is 1. The number of ether oxygens (including phenoxy) is 1. The van der Waals surface area contributed by atoms with Gasteiger partial charge in [-0.2, -0.15) is 5.48 Å². The van der Waals surface area contributed by atoms with Crippen LogP contribution in [0, 0.1) is 0 Å². The largest absolute Gasteiger partial charge is 0.444 e. The second-order valence-electron chi connectivity index (χ2n) is 5.95. The highest BCUT2D eigenvalue weighted by Gasteiger charge is 2.23. The van der Waals surface area contributed by atoms with Crippen molar-refractivity contribution in [2.24, 2.45) is 0 Å². The number of hydroxylamine groups is 1. The average Bonchev–Trinajstić information content (AvgIpc) is 2.70. The molecule has 0 fully saturated rings. The SMILES string of the molecule is CONC1CCc2cc(NC(=O)OC(C)(C)C)ccc21. The van der Waals surface area contributed by atoms with Crippen molar-refractivity contribution >= 4 is 11.8 Å². The van der Waals surface area contributed by atoms with Crippen LogP contribution in [0.1, 0.15) is 44.4 Å². The van der Waals surface area contributed by atoms with Gasteiger partial charge in [-0.1, -0.05) is 6.07 Å². The topological polar surface area (TPSA) is 59.6 Å². The third kappa shape index (κ3) is 3.71. The molecule has 2 rings (SSSR count). The van der Waals surface area contributed by atoms with Gasteiger partial charge in [0.2, 0.25) is 0 Å². The van der Waals surface area contributed by atoms with E-state index in [2.05, 4.69) is 10.8 Å². The minimum atomic E-state index is -0.492. The van der Waals surface area contributed by atoms with Gasteiger partial charge in [-0.05, 0) is 56.9 Å². The minimum Gasteiger partial charge on any atom is -0.444 e. The Bertz CT molecular complexity index is 494. The smallest absolute Gasteiger partial charge is 0.412 e. The molecule has 2 N–H and O–H groups in total. The Hall–Kier alpha value is -1.59. The number of rotatable bonds is 3. The van der Waals surface area contributed by atoms with Gasteiger partial charge in [0.1, 0.15) is 5.60 Å². The Morgan fingerprint density at radius 2 is 2.10 bits per heavy atom. The first-order valence-corrected chi connectivity index (χ1v) is 6.80.